The molecule has 1 aromatic heterocycles. The number of methoxy groups -OCH3 is 2. The monoisotopic (exact) mass is 441 g/mol. The Morgan fingerprint density at radius 2 is 1.74 bits per heavy atom. The van der Waals surface area contributed by atoms with Gasteiger partial charge in [-0.05, 0) is 64.2 Å². The maximum absolute atomic E-state index is 13.5. The summed E-state index contributed by atoms with van der Waals surface area (Å²) in [5.41, 5.74) is 4.06. The number of thiazole rings is 1. The van der Waals surface area contributed by atoms with Gasteiger partial charge in [0.25, 0.3) is 0 Å². The van der Waals surface area contributed by atoms with Crippen molar-refractivity contribution in [3.63, 3.8) is 0 Å². The van der Waals surface area contributed by atoms with Crippen LogP contribution in [0.1, 0.15) is 23.1 Å². The number of hydrogen-bond acceptors (Lipinski definition) is 6. The number of aryl methyl sites for hydroxylation is 2. The van der Waals surface area contributed by atoms with Gasteiger partial charge in [-0.1, -0.05) is 35.1 Å². The van der Waals surface area contributed by atoms with Crippen LogP contribution in [0.2, 0.25) is 0 Å². The van der Waals surface area contributed by atoms with Crippen LogP contribution >= 0.6 is 11.3 Å². The number of hydrogen-bond donors (Lipinski definition) is 0. The standard InChI is InChI=1S/C24H31N3O3S/c1-16-8-9-17(2)18(14-16)15-21(28)27(13-7-12-26(3)4)24-25-22-19(29-5)10-11-20(30-6)23(22)31-24/h8-11,14H,7,12-13,15H2,1-6H3. The van der Waals surface area contributed by atoms with Gasteiger partial charge in [-0.2, -0.15) is 0 Å². The van der Waals surface area contributed by atoms with E-state index in [1.807, 2.05) is 45.0 Å². The van der Waals surface area contributed by atoms with E-state index in [4.69, 9.17) is 14.5 Å². The van der Waals surface area contributed by atoms with E-state index >= 15 is 0 Å². The summed E-state index contributed by atoms with van der Waals surface area (Å²) in [5.74, 6) is 1.45. The molecule has 6 nitrogen and oxygen atoms in total. The number of nitrogens with zero attached hydrogens (tertiary/aromatic N) is 3. The third-order valence-corrected chi connectivity index (χ3v) is 6.36. The van der Waals surface area contributed by atoms with Crippen molar-refractivity contribution in [3.8, 4) is 11.5 Å². The normalized spacial score (nSPS) is 11.2. The first kappa shape index (κ1) is 23.0. The minimum absolute atomic E-state index is 0.0458. The summed E-state index contributed by atoms with van der Waals surface area (Å²) in [6.45, 7) is 5.59. The zero-order chi connectivity index (χ0) is 22.5. The average molecular weight is 442 g/mol. The molecule has 1 heterocycles. The molecule has 0 spiro atoms. The van der Waals surface area contributed by atoms with E-state index < -0.39 is 0 Å². The van der Waals surface area contributed by atoms with Crippen LogP contribution < -0.4 is 14.4 Å². The third kappa shape index (κ3) is 5.35. The van der Waals surface area contributed by atoms with E-state index in [0.29, 0.717) is 23.8 Å². The van der Waals surface area contributed by atoms with E-state index in [1.54, 1.807) is 14.2 Å². The molecule has 0 N–H and O–H groups in total. The first-order valence-electron chi connectivity index (χ1n) is 10.4. The molecular weight excluding hydrogens is 410 g/mol. The lowest BCUT2D eigenvalue weighted by Gasteiger charge is -2.21. The van der Waals surface area contributed by atoms with Crippen molar-refractivity contribution < 1.29 is 14.3 Å². The Kier molecular flexibility index (Phi) is 7.51. The van der Waals surface area contributed by atoms with Gasteiger partial charge >= 0.3 is 0 Å². The predicted octanol–water partition coefficient (Wildman–Crippen LogP) is 4.46. The SMILES string of the molecule is COc1ccc(OC)c2sc(N(CCCN(C)C)C(=O)Cc3cc(C)ccc3C)nc12. The molecule has 0 bridgehead atoms. The van der Waals surface area contributed by atoms with Gasteiger partial charge < -0.3 is 14.4 Å². The number of fused-ring (bicyclic) bond motifs is 1. The summed E-state index contributed by atoms with van der Waals surface area (Å²) in [6.07, 6.45) is 1.20. The van der Waals surface area contributed by atoms with Gasteiger partial charge in [0, 0.05) is 6.54 Å². The van der Waals surface area contributed by atoms with Crippen molar-refractivity contribution in [2.24, 2.45) is 0 Å². The van der Waals surface area contributed by atoms with Crippen LogP contribution in [0.3, 0.4) is 0 Å². The molecule has 0 saturated heterocycles. The second-order valence-corrected chi connectivity index (χ2v) is 8.93. The zero-order valence-electron chi connectivity index (χ0n) is 19.2. The second-order valence-electron chi connectivity index (χ2n) is 7.95. The summed E-state index contributed by atoms with van der Waals surface area (Å²) < 4.78 is 11.9. The molecule has 2 aromatic carbocycles. The lowest BCUT2D eigenvalue weighted by atomic mass is 10.0. The zero-order valence-corrected chi connectivity index (χ0v) is 20.0. The van der Waals surface area contributed by atoms with Crippen LogP contribution in [0, 0.1) is 13.8 Å². The van der Waals surface area contributed by atoms with Crippen LogP contribution in [0.15, 0.2) is 30.3 Å². The van der Waals surface area contributed by atoms with Gasteiger partial charge in [-0.3, -0.25) is 9.69 Å². The van der Waals surface area contributed by atoms with E-state index in [1.165, 1.54) is 11.3 Å². The Labute approximate surface area is 188 Å². The Hall–Kier alpha value is -2.64. The fraction of sp³-hybridized carbons (Fsp3) is 0.417. The number of benzene rings is 2. The molecule has 0 atom stereocenters. The van der Waals surface area contributed by atoms with E-state index in [9.17, 15) is 4.79 Å². The first-order chi connectivity index (χ1) is 14.8. The number of carbonyl (C=O) groups is 1. The van der Waals surface area contributed by atoms with Gasteiger partial charge in [0.05, 0.1) is 20.6 Å². The number of carbonyl (C=O) groups excluding carboxylic acids is 1. The summed E-state index contributed by atoms with van der Waals surface area (Å²) >= 11 is 1.47. The Bertz CT molecular complexity index is 1020. The van der Waals surface area contributed by atoms with Gasteiger partial charge in [0.15, 0.2) is 5.13 Å². The molecule has 7 heteroatoms. The van der Waals surface area contributed by atoms with Gasteiger partial charge in [-0.25, -0.2) is 4.98 Å². The van der Waals surface area contributed by atoms with Crippen LogP contribution in [0.25, 0.3) is 10.2 Å². The quantitative estimate of drug-likeness (QED) is 0.491. The topological polar surface area (TPSA) is 54.9 Å². The Morgan fingerprint density at radius 3 is 2.42 bits per heavy atom. The number of anilines is 1. The van der Waals surface area contributed by atoms with Crippen molar-refractivity contribution >= 4 is 32.6 Å². The third-order valence-electron chi connectivity index (χ3n) is 5.26. The lowest BCUT2D eigenvalue weighted by molar-refractivity contribution is -0.118. The molecule has 3 rings (SSSR count). The highest BCUT2D eigenvalue weighted by molar-refractivity contribution is 7.22. The van der Waals surface area contributed by atoms with E-state index in [2.05, 4.69) is 23.1 Å². The Morgan fingerprint density at radius 1 is 1.03 bits per heavy atom. The van der Waals surface area contributed by atoms with Crippen molar-refractivity contribution in [2.75, 3.05) is 46.3 Å². The fourth-order valence-corrected chi connectivity index (χ4v) is 4.63. The van der Waals surface area contributed by atoms with Gasteiger partial charge in [-0.15, -0.1) is 0 Å². The van der Waals surface area contributed by atoms with E-state index in [-0.39, 0.29) is 5.91 Å². The second kappa shape index (κ2) is 10.1. The Balaban J connectivity index is 1.98. The molecule has 31 heavy (non-hydrogen) atoms. The van der Waals surface area contributed by atoms with E-state index in [0.717, 1.165) is 45.6 Å². The highest BCUT2D eigenvalue weighted by Crippen LogP contribution is 2.40. The fourth-order valence-electron chi connectivity index (χ4n) is 3.51. The van der Waals surface area contributed by atoms with Crippen molar-refractivity contribution in [2.45, 2.75) is 26.7 Å². The van der Waals surface area contributed by atoms with Crippen molar-refractivity contribution in [3.05, 3.63) is 47.0 Å². The van der Waals surface area contributed by atoms with Crippen LogP contribution in [0.5, 0.6) is 11.5 Å². The smallest absolute Gasteiger partial charge is 0.233 e. The molecule has 0 fully saturated rings. The molecule has 0 aliphatic heterocycles. The number of rotatable bonds is 9. The summed E-state index contributed by atoms with van der Waals surface area (Å²) in [4.78, 5) is 22.2. The lowest BCUT2D eigenvalue weighted by Crippen LogP contribution is -2.34. The van der Waals surface area contributed by atoms with Crippen LogP contribution in [-0.2, 0) is 11.2 Å². The van der Waals surface area contributed by atoms with Gasteiger partial charge in [0.2, 0.25) is 5.91 Å². The van der Waals surface area contributed by atoms with Crippen molar-refractivity contribution in [1.82, 2.24) is 9.88 Å². The molecule has 0 aliphatic carbocycles. The van der Waals surface area contributed by atoms with Gasteiger partial charge in [0.1, 0.15) is 21.7 Å². The number of aromatic nitrogens is 1. The summed E-state index contributed by atoms with van der Waals surface area (Å²) in [6, 6.07) is 9.96. The molecule has 1 amide bonds. The molecule has 0 unspecified atom stereocenters. The summed E-state index contributed by atoms with van der Waals surface area (Å²) in [5, 5.41) is 0.673. The minimum atomic E-state index is 0.0458. The first-order valence-corrected chi connectivity index (χ1v) is 11.2. The maximum Gasteiger partial charge on any atom is 0.233 e. The van der Waals surface area contributed by atoms with Crippen LogP contribution in [0.4, 0.5) is 5.13 Å². The highest BCUT2D eigenvalue weighted by Gasteiger charge is 2.23. The van der Waals surface area contributed by atoms with Crippen LogP contribution in [-0.4, -0.2) is 57.2 Å². The minimum Gasteiger partial charge on any atom is -0.495 e. The van der Waals surface area contributed by atoms with Crippen molar-refractivity contribution in [1.29, 1.82) is 0 Å². The molecule has 166 valence electrons. The number of amides is 1. The maximum atomic E-state index is 13.5. The largest absolute Gasteiger partial charge is 0.495 e. The number of ether oxygens (including phenoxy) is 2. The average Bonchev–Trinajstić information content (AvgIpc) is 3.17. The molecular formula is C24H31N3O3S. The molecule has 0 saturated carbocycles. The predicted molar refractivity (Wildman–Crippen MR) is 128 cm³/mol. The molecule has 0 aliphatic rings. The molecule has 0 radical (unpaired) electrons. The molecule has 3 aromatic rings. The summed E-state index contributed by atoms with van der Waals surface area (Å²) in [7, 11) is 7.34. The highest BCUT2D eigenvalue weighted by atomic mass is 32.1.